The first kappa shape index (κ1) is 18.2. The number of amides is 1. The van der Waals surface area contributed by atoms with Gasteiger partial charge < -0.3 is 14.8 Å². The lowest BCUT2D eigenvalue weighted by Crippen LogP contribution is -2.13. The Morgan fingerprint density at radius 1 is 1.12 bits per heavy atom. The molecule has 0 aliphatic heterocycles. The summed E-state index contributed by atoms with van der Waals surface area (Å²) in [6, 6.07) is 15.5. The lowest BCUT2D eigenvalue weighted by atomic mass is 10.2. The van der Waals surface area contributed by atoms with Gasteiger partial charge in [0.25, 0.3) is 5.91 Å². The third kappa shape index (κ3) is 4.33. The van der Waals surface area contributed by atoms with Gasteiger partial charge in [-0.3, -0.25) is 4.79 Å². The lowest BCUT2D eigenvalue weighted by Gasteiger charge is -2.12. The van der Waals surface area contributed by atoms with Crippen LogP contribution in [0.5, 0.6) is 17.4 Å². The predicted molar refractivity (Wildman–Crippen MR) is 104 cm³/mol. The summed E-state index contributed by atoms with van der Waals surface area (Å²) in [6.45, 7) is 0. The Balaban J connectivity index is 1.82. The van der Waals surface area contributed by atoms with E-state index in [1.54, 1.807) is 67.9 Å². The topological polar surface area (TPSA) is 60.5 Å². The molecular weight excluding hydrogens is 420 g/mol. The van der Waals surface area contributed by atoms with E-state index in [1.165, 1.54) is 0 Å². The molecule has 1 heterocycles. The summed E-state index contributed by atoms with van der Waals surface area (Å²) in [7, 11) is 1.59. The van der Waals surface area contributed by atoms with Gasteiger partial charge in [-0.05, 0) is 54.6 Å². The van der Waals surface area contributed by atoms with Gasteiger partial charge in [0.1, 0.15) is 17.2 Å². The first-order valence-electron chi connectivity index (χ1n) is 7.60. The molecule has 3 aromatic rings. The first-order valence-corrected chi connectivity index (χ1v) is 8.77. The number of aromatic nitrogens is 1. The molecule has 26 heavy (non-hydrogen) atoms. The summed E-state index contributed by atoms with van der Waals surface area (Å²) < 4.78 is 11.7. The van der Waals surface area contributed by atoms with E-state index in [2.05, 4.69) is 26.2 Å². The Kier molecular flexibility index (Phi) is 5.75. The van der Waals surface area contributed by atoms with Crippen molar-refractivity contribution in [1.29, 1.82) is 0 Å². The van der Waals surface area contributed by atoms with Gasteiger partial charge in [0.05, 0.1) is 17.7 Å². The van der Waals surface area contributed by atoms with Crippen molar-refractivity contribution in [1.82, 2.24) is 4.98 Å². The monoisotopic (exact) mass is 432 g/mol. The second-order valence-electron chi connectivity index (χ2n) is 5.21. The molecule has 132 valence electrons. The van der Waals surface area contributed by atoms with Crippen LogP contribution in [-0.4, -0.2) is 18.0 Å². The van der Waals surface area contributed by atoms with Crippen molar-refractivity contribution in [3.63, 3.8) is 0 Å². The summed E-state index contributed by atoms with van der Waals surface area (Å²) in [5, 5.41) is 3.14. The zero-order valence-electron chi connectivity index (χ0n) is 13.7. The SMILES string of the molecule is COc1ccc(Oc2ncccc2NC(=O)c2cc(Br)ccc2Cl)cc1. The molecule has 0 aliphatic carbocycles. The minimum absolute atomic E-state index is 0.275. The van der Waals surface area contributed by atoms with Crippen molar-refractivity contribution in [2.45, 2.75) is 0 Å². The molecule has 1 amide bonds. The molecule has 0 atom stereocenters. The van der Waals surface area contributed by atoms with Crippen molar-refractivity contribution in [3.8, 4) is 17.4 Å². The van der Waals surface area contributed by atoms with Crippen LogP contribution in [0.2, 0.25) is 5.02 Å². The Morgan fingerprint density at radius 3 is 2.58 bits per heavy atom. The summed E-state index contributed by atoms with van der Waals surface area (Å²) in [6.07, 6.45) is 1.58. The van der Waals surface area contributed by atoms with Gasteiger partial charge in [-0.15, -0.1) is 0 Å². The maximum atomic E-state index is 12.6. The number of halogens is 2. The van der Waals surface area contributed by atoms with E-state index in [4.69, 9.17) is 21.1 Å². The number of ether oxygens (including phenoxy) is 2. The molecule has 5 nitrogen and oxygen atoms in total. The Morgan fingerprint density at radius 2 is 1.85 bits per heavy atom. The minimum Gasteiger partial charge on any atom is -0.497 e. The van der Waals surface area contributed by atoms with E-state index in [-0.39, 0.29) is 11.8 Å². The average Bonchev–Trinajstić information content (AvgIpc) is 2.66. The van der Waals surface area contributed by atoms with Crippen LogP contribution in [0, 0.1) is 0 Å². The molecule has 0 saturated carbocycles. The summed E-state index contributed by atoms with van der Waals surface area (Å²) in [5.41, 5.74) is 0.782. The molecule has 7 heteroatoms. The van der Waals surface area contributed by atoms with Crippen molar-refractivity contribution >= 4 is 39.1 Å². The lowest BCUT2D eigenvalue weighted by molar-refractivity contribution is 0.102. The molecule has 0 unspecified atom stereocenters. The number of nitrogens with zero attached hydrogens (tertiary/aromatic N) is 1. The molecule has 0 bridgehead atoms. The number of nitrogens with one attached hydrogen (secondary N) is 1. The number of hydrogen-bond donors (Lipinski definition) is 1. The largest absolute Gasteiger partial charge is 0.497 e. The molecule has 2 aromatic carbocycles. The molecule has 0 aliphatic rings. The van der Waals surface area contributed by atoms with E-state index in [0.717, 1.165) is 10.2 Å². The number of hydrogen-bond acceptors (Lipinski definition) is 4. The third-order valence-electron chi connectivity index (χ3n) is 3.47. The van der Waals surface area contributed by atoms with Crippen molar-refractivity contribution in [2.24, 2.45) is 0 Å². The molecule has 1 N–H and O–H groups in total. The van der Waals surface area contributed by atoms with Crippen LogP contribution in [0.25, 0.3) is 0 Å². The maximum Gasteiger partial charge on any atom is 0.257 e. The molecule has 0 fully saturated rings. The second-order valence-corrected chi connectivity index (χ2v) is 6.53. The van der Waals surface area contributed by atoms with Crippen LogP contribution in [0.15, 0.2) is 65.3 Å². The highest BCUT2D eigenvalue weighted by molar-refractivity contribution is 9.10. The fourth-order valence-corrected chi connectivity index (χ4v) is 2.75. The van der Waals surface area contributed by atoms with Crippen molar-refractivity contribution in [2.75, 3.05) is 12.4 Å². The van der Waals surface area contributed by atoms with Crippen LogP contribution in [0.1, 0.15) is 10.4 Å². The van der Waals surface area contributed by atoms with Crippen LogP contribution >= 0.6 is 27.5 Å². The van der Waals surface area contributed by atoms with E-state index in [9.17, 15) is 4.79 Å². The normalized spacial score (nSPS) is 10.3. The van der Waals surface area contributed by atoms with Crippen LogP contribution < -0.4 is 14.8 Å². The fourth-order valence-electron chi connectivity index (χ4n) is 2.18. The number of pyridine rings is 1. The minimum atomic E-state index is -0.358. The van der Waals surface area contributed by atoms with E-state index >= 15 is 0 Å². The number of benzene rings is 2. The highest BCUT2D eigenvalue weighted by Gasteiger charge is 2.14. The van der Waals surface area contributed by atoms with Gasteiger partial charge in [0, 0.05) is 10.7 Å². The van der Waals surface area contributed by atoms with Crippen molar-refractivity contribution < 1.29 is 14.3 Å². The third-order valence-corrected chi connectivity index (χ3v) is 4.29. The van der Waals surface area contributed by atoms with Crippen molar-refractivity contribution in [3.05, 3.63) is 75.9 Å². The van der Waals surface area contributed by atoms with Gasteiger partial charge in [-0.1, -0.05) is 27.5 Å². The first-order chi connectivity index (χ1) is 12.6. The predicted octanol–water partition coefficient (Wildman–Crippen LogP) is 5.55. The maximum absolute atomic E-state index is 12.6. The standard InChI is InChI=1S/C19H14BrClN2O3/c1-25-13-5-7-14(8-6-13)26-19-17(3-2-10-22-19)23-18(24)15-11-12(20)4-9-16(15)21/h2-11H,1H3,(H,23,24). The van der Waals surface area contributed by atoms with Gasteiger partial charge in [-0.2, -0.15) is 0 Å². The highest BCUT2D eigenvalue weighted by atomic mass is 79.9. The van der Waals surface area contributed by atoms with E-state index < -0.39 is 0 Å². The van der Waals surface area contributed by atoms with Gasteiger partial charge in [-0.25, -0.2) is 4.98 Å². The molecule has 0 radical (unpaired) electrons. The summed E-state index contributed by atoms with van der Waals surface area (Å²) in [5.74, 6) is 1.21. The number of methoxy groups -OCH3 is 1. The molecule has 1 aromatic heterocycles. The number of carbonyl (C=O) groups is 1. The Bertz CT molecular complexity index is 932. The highest BCUT2D eigenvalue weighted by Crippen LogP contribution is 2.29. The molecule has 3 rings (SSSR count). The molecule has 0 saturated heterocycles. The van der Waals surface area contributed by atoms with E-state index in [1.807, 2.05) is 0 Å². The Labute approximate surface area is 164 Å². The fraction of sp³-hybridized carbons (Fsp3) is 0.0526. The van der Waals surface area contributed by atoms with E-state index in [0.29, 0.717) is 22.0 Å². The van der Waals surface area contributed by atoms with Crippen LogP contribution in [0.3, 0.4) is 0 Å². The van der Waals surface area contributed by atoms with Crippen LogP contribution in [-0.2, 0) is 0 Å². The zero-order valence-corrected chi connectivity index (χ0v) is 16.0. The molecular formula is C19H14BrClN2O3. The summed E-state index contributed by atoms with van der Waals surface area (Å²) in [4.78, 5) is 16.8. The molecule has 0 spiro atoms. The quantitative estimate of drug-likeness (QED) is 0.573. The van der Waals surface area contributed by atoms with Gasteiger partial charge >= 0.3 is 0 Å². The van der Waals surface area contributed by atoms with Crippen LogP contribution in [0.4, 0.5) is 5.69 Å². The average molecular weight is 434 g/mol. The Hall–Kier alpha value is -2.57. The number of rotatable bonds is 5. The smallest absolute Gasteiger partial charge is 0.257 e. The number of carbonyl (C=O) groups excluding carboxylic acids is 1. The van der Waals surface area contributed by atoms with Gasteiger partial charge in [0.15, 0.2) is 0 Å². The summed E-state index contributed by atoms with van der Waals surface area (Å²) >= 11 is 9.45. The zero-order chi connectivity index (χ0) is 18.5. The second kappa shape index (κ2) is 8.21. The van der Waals surface area contributed by atoms with Gasteiger partial charge in [0.2, 0.25) is 5.88 Å². The number of anilines is 1.